The molecule has 2 aromatic rings. The van der Waals surface area contributed by atoms with Crippen LogP contribution in [-0.2, 0) is 24.8 Å². The molecule has 0 aromatic carbocycles. The number of nitrogens with one attached hydrogen (secondary N) is 1. The van der Waals surface area contributed by atoms with Gasteiger partial charge in [-0.25, -0.2) is 4.98 Å². The molecule has 0 saturated carbocycles. The number of hydrogen-bond acceptors (Lipinski definition) is 5. The summed E-state index contributed by atoms with van der Waals surface area (Å²) < 4.78 is 2.87. The van der Waals surface area contributed by atoms with Crippen LogP contribution in [-0.4, -0.2) is 31.8 Å². The smallest absolute Gasteiger partial charge is 0.251 e. The van der Waals surface area contributed by atoms with Gasteiger partial charge in [-0.2, -0.15) is 5.10 Å². The summed E-state index contributed by atoms with van der Waals surface area (Å²) in [5.74, 6) is 0.405. The van der Waals surface area contributed by atoms with E-state index in [1.165, 1.54) is 22.9 Å². The van der Waals surface area contributed by atoms with Gasteiger partial charge in [0.2, 0.25) is 5.91 Å². The van der Waals surface area contributed by atoms with Crippen molar-refractivity contribution >= 4 is 11.6 Å². The van der Waals surface area contributed by atoms with E-state index in [1.807, 2.05) is 0 Å². The predicted octanol–water partition coefficient (Wildman–Crippen LogP) is -1.08. The molecule has 8 heteroatoms. The number of carbonyl (C=O) groups is 1. The van der Waals surface area contributed by atoms with Gasteiger partial charge in [0.05, 0.1) is 0 Å². The molecule has 0 aliphatic carbocycles. The molecule has 0 bridgehead atoms. The monoisotopic (exact) mass is 276 g/mol. The highest BCUT2D eigenvalue weighted by Crippen LogP contribution is 1.95. The van der Waals surface area contributed by atoms with Crippen LogP contribution in [0.5, 0.6) is 0 Å². The molecule has 2 rings (SSSR count). The zero-order chi connectivity index (χ0) is 14.5. The maximum absolute atomic E-state index is 11.7. The fourth-order valence-electron chi connectivity index (χ4n) is 1.70. The van der Waals surface area contributed by atoms with E-state index in [0.717, 1.165) is 0 Å². The molecule has 106 valence electrons. The molecule has 0 fully saturated rings. The van der Waals surface area contributed by atoms with Crippen molar-refractivity contribution in [3.63, 3.8) is 0 Å². The Kier molecular flexibility index (Phi) is 4.14. The molecule has 3 N–H and O–H groups in total. The SMILES string of the molecule is Cn1cnc(CCNC(=O)Cn2cc(N)ccc2=O)n1. The van der Waals surface area contributed by atoms with Gasteiger partial charge in [0.25, 0.3) is 5.56 Å². The first-order valence-corrected chi connectivity index (χ1v) is 6.12. The summed E-state index contributed by atoms with van der Waals surface area (Å²) >= 11 is 0. The van der Waals surface area contributed by atoms with Crippen molar-refractivity contribution < 1.29 is 4.79 Å². The Morgan fingerprint density at radius 2 is 2.25 bits per heavy atom. The molecule has 0 saturated heterocycles. The first-order chi connectivity index (χ1) is 9.54. The summed E-state index contributed by atoms with van der Waals surface area (Å²) in [6.07, 6.45) is 3.59. The number of nitrogens with zero attached hydrogens (tertiary/aromatic N) is 4. The molecule has 0 aliphatic rings. The van der Waals surface area contributed by atoms with E-state index in [4.69, 9.17) is 5.73 Å². The Balaban J connectivity index is 1.83. The largest absolute Gasteiger partial charge is 0.398 e. The maximum Gasteiger partial charge on any atom is 0.251 e. The molecule has 0 unspecified atom stereocenters. The summed E-state index contributed by atoms with van der Waals surface area (Å²) in [5.41, 5.74) is 5.75. The van der Waals surface area contributed by atoms with Crippen molar-refractivity contribution in [2.45, 2.75) is 13.0 Å². The number of nitrogen functional groups attached to an aromatic ring is 1. The number of pyridine rings is 1. The highest BCUT2D eigenvalue weighted by Gasteiger charge is 2.05. The van der Waals surface area contributed by atoms with Gasteiger partial charge in [0, 0.05) is 38.0 Å². The third-order valence-electron chi connectivity index (χ3n) is 2.64. The maximum atomic E-state index is 11.7. The lowest BCUT2D eigenvalue weighted by Crippen LogP contribution is -2.33. The minimum absolute atomic E-state index is 0.0560. The summed E-state index contributed by atoms with van der Waals surface area (Å²) in [6.45, 7) is 0.361. The van der Waals surface area contributed by atoms with Crippen molar-refractivity contribution in [2.75, 3.05) is 12.3 Å². The highest BCUT2D eigenvalue weighted by atomic mass is 16.2. The summed E-state index contributed by atoms with van der Waals surface area (Å²) in [7, 11) is 1.78. The summed E-state index contributed by atoms with van der Waals surface area (Å²) in [6, 6.07) is 2.84. The Morgan fingerprint density at radius 1 is 1.45 bits per heavy atom. The normalized spacial score (nSPS) is 10.4. The number of anilines is 1. The van der Waals surface area contributed by atoms with E-state index in [0.29, 0.717) is 24.5 Å². The van der Waals surface area contributed by atoms with Gasteiger partial charge >= 0.3 is 0 Å². The average molecular weight is 276 g/mol. The molecule has 0 radical (unpaired) electrons. The van der Waals surface area contributed by atoms with Crippen molar-refractivity contribution in [2.24, 2.45) is 7.05 Å². The molecule has 2 heterocycles. The molecule has 8 nitrogen and oxygen atoms in total. The van der Waals surface area contributed by atoms with Gasteiger partial charge < -0.3 is 15.6 Å². The fraction of sp³-hybridized carbons (Fsp3) is 0.333. The molecule has 20 heavy (non-hydrogen) atoms. The quantitative estimate of drug-likeness (QED) is 0.722. The predicted molar refractivity (Wildman–Crippen MR) is 72.8 cm³/mol. The molecule has 0 atom stereocenters. The number of rotatable bonds is 5. The number of aryl methyl sites for hydroxylation is 1. The second kappa shape index (κ2) is 6.00. The van der Waals surface area contributed by atoms with Gasteiger partial charge in [-0.15, -0.1) is 0 Å². The minimum atomic E-state index is -0.263. The Morgan fingerprint density at radius 3 is 2.95 bits per heavy atom. The van der Waals surface area contributed by atoms with E-state index in [1.54, 1.807) is 18.1 Å². The lowest BCUT2D eigenvalue weighted by atomic mass is 10.4. The third-order valence-corrected chi connectivity index (χ3v) is 2.64. The summed E-state index contributed by atoms with van der Waals surface area (Å²) in [5, 5.41) is 6.81. The van der Waals surface area contributed by atoms with E-state index in [2.05, 4.69) is 15.4 Å². The minimum Gasteiger partial charge on any atom is -0.398 e. The zero-order valence-corrected chi connectivity index (χ0v) is 11.1. The molecule has 2 aromatic heterocycles. The third kappa shape index (κ3) is 3.67. The lowest BCUT2D eigenvalue weighted by Gasteiger charge is -2.07. The first-order valence-electron chi connectivity index (χ1n) is 6.12. The van der Waals surface area contributed by atoms with Gasteiger partial charge in [-0.1, -0.05) is 0 Å². The van der Waals surface area contributed by atoms with E-state index < -0.39 is 0 Å². The van der Waals surface area contributed by atoms with E-state index in [9.17, 15) is 9.59 Å². The Bertz CT molecular complexity index is 660. The van der Waals surface area contributed by atoms with Crippen LogP contribution in [0.3, 0.4) is 0 Å². The van der Waals surface area contributed by atoms with Crippen LogP contribution < -0.4 is 16.6 Å². The fourth-order valence-corrected chi connectivity index (χ4v) is 1.70. The number of hydrogen-bond donors (Lipinski definition) is 2. The molecule has 0 aliphatic heterocycles. The molecule has 1 amide bonds. The van der Waals surface area contributed by atoms with Crippen LogP contribution in [0.15, 0.2) is 29.5 Å². The molecular formula is C12H16N6O2. The molecular weight excluding hydrogens is 260 g/mol. The number of carbonyl (C=O) groups excluding carboxylic acids is 1. The van der Waals surface area contributed by atoms with Crippen molar-refractivity contribution in [3.05, 3.63) is 40.8 Å². The van der Waals surface area contributed by atoms with Crippen LogP contribution in [0, 0.1) is 0 Å². The van der Waals surface area contributed by atoms with Crippen LogP contribution >= 0.6 is 0 Å². The van der Waals surface area contributed by atoms with Gasteiger partial charge in [-0.3, -0.25) is 14.3 Å². The van der Waals surface area contributed by atoms with Gasteiger partial charge in [0.1, 0.15) is 12.9 Å². The lowest BCUT2D eigenvalue weighted by molar-refractivity contribution is -0.121. The van der Waals surface area contributed by atoms with Crippen molar-refractivity contribution in [1.82, 2.24) is 24.6 Å². The standard InChI is InChI=1S/C12H16N6O2/c1-17-8-15-10(16-17)4-5-14-11(19)7-18-6-9(13)2-3-12(18)20/h2-3,6,8H,4-5,7,13H2,1H3,(H,14,19). The molecule has 0 spiro atoms. The summed E-state index contributed by atoms with van der Waals surface area (Å²) in [4.78, 5) is 27.3. The zero-order valence-electron chi connectivity index (χ0n) is 11.1. The van der Waals surface area contributed by atoms with Crippen LogP contribution in [0.25, 0.3) is 0 Å². The Hall–Kier alpha value is -2.64. The van der Waals surface area contributed by atoms with Crippen LogP contribution in [0.4, 0.5) is 5.69 Å². The number of amides is 1. The number of aromatic nitrogens is 4. The van der Waals surface area contributed by atoms with Crippen LogP contribution in [0.1, 0.15) is 5.82 Å². The van der Waals surface area contributed by atoms with Gasteiger partial charge in [0.15, 0.2) is 5.82 Å². The first kappa shape index (κ1) is 13.8. The van der Waals surface area contributed by atoms with E-state index in [-0.39, 0.29) is 18.0 Å². The van der Waals surface area contributed by atoms with Gasteiger partial charge in [-0.05, 0) is 6.07 Å². The average Bonchev–Trinajstić information content (AvgIpc) is 2.80. The second-order valence-corrected chi connectivity index (χ2v) is 4.36. The second-order valence-electron chi connectivity index (χ2n) is 4.36. The van der Waals surface area contributed by atoms with E-state index >= 15 is 0 Å². The Labute approximate surface area is 115 Å². The number of nitrogens with two attached hydrogens (primary N) is 1. The van der Waals surface area contributed by atoms with Crippen LogP contribution in [0.2, 0.25) is 0 Å². The van der Waals surface area contributed by atoms with Crippen molar-refractivity contribution in [1.29, 1.82) is 0 Å². The topological polar surface area (TPSA) is 108 Å². The van der Waals surface area contributed by atoms with Crippen molar-refractivity contribution in [3.8, 4) is 0 Å². The highest BCUT2D eigenvalue weighted by molar-refractivity contribution is 5.75.